The van der Waals surface area contributed by atoms with E-state index >= 15 is 0 Å². The van der Waals surface area contributed by atoms with Gasteiger partial charge in [0.1, 0.15) is 6.61 Å². The minimum atomic E-state index is -0.214. The van der Waals surface area contributed by atoms with E-state index in [2.05, 4.69) is 32.6 Å². The molecule has 2 aromatic heterocycles. The summed E-state index contributed by atoms with van der Waals surface area (Å²) in [5.41, 5.74) is 3.39. The van der Waals surface area contributed by atoms with E-state index in [1.54, 1.807) is 7.11 Å². The summed E-state index contributed by atoms with van der Waals surface area (Å²) >= 11 is 0. The second kappa shape index (κ2) is 10.6. The van der Waals surface area contributed by atoms with E-state index in [-0.39, 0.29) is 18.9 Å². The summed E-state index contributed by atoms with van der Waals surface area (Å²) in [5.74, 6) is 1.14. The van der Waals surface area contributed by atoms with Gasteiger partial charge < -0.3 is 19.0 Å². The van der Waals surface area contributed by atoms with Crippen LogP contribution < -0.4 is 5.32 Å². The highest BCUT2D eigenvalue weighted by molar-refractivity contribution is 5.91. The molecule has 0 fully saturated rings. The number of ether oxygens (including phenoxy) is 1. The van der Waals surface area contributed by atoms with Gasteiger partial charge in [0.25, 0.3) is 5.89 Å². The number of anilines is 1. The number of carbonyl (C=O) groups excluding carboxylic acids is 1. The number of hydrogen-bond donors (Lipinski definition) is 1. The molecule has 4 aromatic rings. The first-order valence-electron chi connectivity index (χ1n) is 10.8. The number of rotatable bonds is 10. The van der Waals surface area contributed by atoms with E-state index < -0.39 is 0 Å². The number of aryl methyl sites for hydroxylation is 1. The lowest BCUT2D eigenvalue weighted by molar-refractivity contribution is -0.115. The lowest BCUT2D eigenvalue weighted by Crippen LogP contribution is -2.15. The maximum absolute atomic E-state index is 12.4. The number of nitrogens with zero attached hydrogens (tertiary/aromatic N) is 4. The summed E-state index contributed by atoms with van der Waals surface area (Å²) in [6.45, 7) is 2.41. The topological polar surface area (TPSA) is 116 Å². The molecule has 170 valence electrons. The van der Waals surface area contributed by atoms with Crippen molar-refractivity contribution < 1.29 is 18.5 Å². The van der Waals surface area contributed by atoms with E-state index in [1.165, 1.54) is 5.56 Å². The SMILES string of the molecule is CCCCc1ccc(NC(=O)Cc2noc(-c3cccc(-c4nnc(COC)o4)c3)n2)cc1. The minimum absolute atomic E-state index is 0.00478. The van der Waals surface area contributed by atoms with Crippen molar-refractivity contribution in [1.82, 2.24) is 20.3 Å². The van der Waals surface area contributed by atoms with E-state index in [4.69, 9.17) is 13.7 Å². The molecule has 1 amide bonds. The van der Waals surface area contributed by atoms with Crippen LogP contribution in [0.3, 0.4) is 0 Å². The van der Waals surface area contributed by atoms with Gasteiger partial charge in [-0.3, -0.25) is 4.79 Å². The van der Waals surface area contributed by atoms with Crippen LogP contribution in [0.15, 0.2) is 57.5 Å². The van der Waals surface area contributed by atoms with Crippen molar-refractivity contribution in [2.75, 3.05) is 12.4 Å². The summed E-state index contributed by atoms with van der Waals surface area (Å²) < 4.78 is 15.9. The first-order chi connectivity index (χ1) is 16.1. The Bertz CT molecular complexity index is 1200. The van der Waals surface area contributed by atoms with Crippen molar-refractivity contribution in [3.05, 3.63) is 65.8 Å². The van der Waals surface area contributed by atoms with Gasteiger partial charge in [-0.25, -0.2) is 0 Å². The number of carbonyl (C=O) groups is 1. The normalized spacial score (nSPS) is 11.0. The van der Waals surface area contributed by atoms with Crippen LogP contribution in [-0.2, 0) is 29.0 Å². The van der Waals surface area contributed by atoms with Crippen LogP contribution in [0.2, 0.25) is 0 Å². The van der Waals surface area contributed by atoms with Gasteiger partial charge in [0.2, 0.25) is 17.7 Å². The number of unbranched alkanes of at least 4 members (excludes halogenated alkanes) is 1. The molecule has 33 heavy (non-hydrogen) atoms. The maximum atomic E-state index is 12.4. The van der Waals surface area contributed by atoms with Crippen molar-refractivity contribution in [2.24, 2.45) is 0 Å². The van der Waals surface area contributed by atoms with Gasteiger partial charge in [-0.2, -0.15) is 4.98 Å². The molecule has 1 N–H and O–H groups in total. The highest BCUT2D eigenvalue weighted by Crippen LogP contribution is 2.25. The molecule has 0 aliphatic rings. The molecule has 2 aromatic carbocycles. The third-order valence-electron chi connectivity index (χ3n) is 4.93. The second-order valence-electron chi connectivity index (χ2n) is 7.56. The van der Waals surface area contributed by atoms with Crippen molar-refractivity contribution in [2.45, 2.75) is 39.2 Å². The maximum Gasteiger partial charge on any atom is 0.257 e. The van der Waals surface area contributed by atoms with E-state index in [1.807, 2.05) is 48.5 Å². The monoisotopic (exact) mass is 447 g/mol. The summed E-state index contributed by atoms with van der Waals surface area (Å²) in [4.78, 5) is 16.8. The molecule has 4 rings (SSSR count). The third kappa shape index (κ3) is 5.89. The molecule has 0 aliphatic carbocycles. The highest BCUT2D eigenvalue weighted by Gasteiger charge is 2.15. The van der Waals surface area contributed by atoms with Gasteiger partial charge in [-0.1, -0.05) is 36.7 Å². The molecule has 0 saturated carbocycles. The predicted octanol–water partition coefficient (Wildman–Crippen LogP) is 4.46. The lowest BCUT2D eigenvalue weighted by atomic mass is 10.1. The molecule has 0 aliphatic heterocycles. The first-order valence-corrected chi connectivity index (χ1v) is 10.8. The zero-order chi connectivity index (χ0) is 23.0. The van der Waals surface area contributed by atoms with E-state index in [0.29, 0.717) is 34.6 Å². The fourth-order valence-corrected chi connectivity index (χ4v) is 3.26. The minimum Gasteiger partial charge on any atom is -0.418 e. The molecule has 2 heterocycles. The fourth-order valence-electron chi connectivity index (χ4n) is 3.26. The number of methoxy groups -OCH3 is 1. The van der Waals surface area contributed by atoms with Gasteiger partial charge in [0.05, 0.1) is 6.42 Å². The Labute approximate surface area is 191 Å². The Balaban J connectivity index is 1.39. The van der Waals surface area contributed by atoms with Crippen molar-refractivity contribution in [3.63, 3.8) is 0 Å². The quantitative estimate of drug-likeness (QED) is 0.379. The van der Waals surface area contributed by atoms with Crippen LogP contribution in [0.4, 0.5) is 5.69 Å². The van der Waals surface area contributed by atoms with Crippen LogP contribution in [0.1, 0.15) is 37.0 Å². The van der Waals surface area contributed by atoms with Gasteiger partial charge >= 0.3 is 0 Å². The Morgan fingerprint density at radius 2 is 1.85 bits per heavy atom. The smallest absolute Gasteiger partial charge is 0.257 e. The second-order valence-corrected chi connectivity index (χ2v) is 7.56. The summed E-state index contributed by atoms with van der Waals surface area (Å²) in [5, 5.41) is 14.8. The zero-order valence-corrected chi connectivity index (χ0v) is 18.6. The van der Waals surface area contributed by atoms with Gasteiger partial charge in [0, 0.05) is 23.9 Å². The number of benzene rings is 2. The zero-order valence-electron chi connectivity index (χ0n) is 18.6. The van der Waals surface area contributed by atoms with Crippen molar-refractivity contribution >= 4 is 11.6 Å². The summed E-state index contributed by atoms with van der Waals surface area (Å²) in [7, 11) is 1.56. The molecule has 0 radical (unpaired) electrons. The van der Waals surface area contributed by atoms with Crippen LogP contribution in [0, 0.1) is 0 Å². The molecular formula is C24H25N5O4. The Hall–Kier alpha value is -3.85. The molecule has 0 atom stereocenters. The number of aromatic nitrogens is 4. The number of nitrogens with one attached hydrogen (secondary N) is 1. The average Bonchev–Trinajstić information content (AvgIpc) is 3.49. The van der Waals surface area contributed by atoms with Crippen LogP contribution in [-0.4, -0.2) is 33.4 Å². The molecule has 0 spiro atoms. The van der Waals surface area contributed by atoms with Crippen molar-refractivity contribution in [1.29, 1.82) is 0 Å². The van der Waals surface area contributed by atoms with Gasteiger partial charge in [-0.05, 0) is 48.7 Å². The molecule has 0 unspecified atom stereocenters. The fraction of sp³-hybridized carbons (Fsp3) is 0.292. The molecule has 9 heteroatoms. The number of hydrogen-bond acceptors (Lipinski definition) is 8. The van der Waals surface area contributed by atoms with Gasteiger partial charge in [0.15, 0.2) is 5.82 Å². The van der Waals surface area contributed by atoms with E-state index in [9.17, 15) is 4.79 Å². The summed E-state index contributed by atoms with van der Waals surface area (Å²) in [6.07, 6.45) is 3.35. The Morgan fingerprint density at radius 1 is 1.06 bits per heavy atom. The van der Waals surface area contributed by atoms with Gasteiger partial charge in [-0.15, -0.1) is 10.2 Å². The summed E-state index contributed by atoms with van der Waals surface area (Å²) in [6, 6.07) is 15.2. The van der Waals surface area contributed by atoms with Crippen LogP contribution in [0.25, 0.3) is 22.9 Å². The van der Waals surface area contributed by atoms with Crippen LogP contribution >= 0.6 is 0 Å². The molecule has 0 bridgehead atoms. The lowest BCUT2D eigenvalue weighted by Gasteiger charge is -2.05. The Morgan fingerprint density at radius 3 is 2.61 bits per heavy atom. The molecular weight excluding hydrogens is 422 g/mol. The first kappa shape index (κ1) is 22.3. The van der Waals surface area contributed by atoms with Crippen molar-refractivity contribution in [3.8, 4) is 22.9 Å². The molecule has 0 saturated heterocycles. The van der Waals surface area contributed by atoms with Crippen LogP contribution in [0.5, 0.6) is 0 Å². The largest absolute Gasteiger partial charge is 0.418 e. The Kier molecular flexibility index (Phi) is 7.21. The number of amides is 1. The molecule has 9 nitrogen and oxygen atoms in total. The standard InChI is InChI=1S/C24H25N5O4/c1-3-4-6-16-9-11-19(12-10-16)25-21(30)14-20-26-23(33-29-20)17-7-5-8-18(13-17)24-28-27-22(32-24)15-31-2/h5,7-13H,3-4,6,14-15H2,1-2H3,(H,25,30). The third-order valence-corrected chi connectivity index (χ3v) is 4.93. The highest BCUT2D eigenvalue weighted by atomic mass is 16.5. The van der Waals surface area contributed by atoms with E-state index in [0.717, 1.165) is 24.9 Å². The average molecular weight is 447 g/mol. The predicted molar refractivity (Wildman–Crippen MR) is 121 cm³/mol.